The van der Waals surface area contributed by atoms with Crippen LogP contribution in [0.5, 0.6) is 0 Å². The number of hydrogen-bond donors (Lipinski definition) is 1. The first-order chi connectivity index (χ1) is 17.2. The van der Waals surface area contributed by atoms with Crippen LogP contribution in [0, 0.1) is 6.92 Å². The van der Waals surface area contributed by atoms with Gasteiger partial charge in [-0.2, -0.15) is 18.3 Å². The topological polar surface area (TPSA) is 80.2 Å². The van der Waals surface area contributed by atoms with Crippen molar-refractivity contribution in [3.63, 3.8) is 0 Å². The van der Waals surface area contributed by atoms with Crippen molar-refractivity contribution in [2.24, 2.45) is 0 Å². The Hall–Kier alpha value is -2.93. The van der Waals surface area contributed by atoms with Gasteiger partial charge in [-0.05, 0) is 54.2 Å². The van der Waals surface area contributed by atoms with Crippen molar-refractivity contribution < 1.29 is 13.2 Å². The molecule has 0 spiro atoms. The lowest BCUT2D eigenvalue weighted by atomic mass is 10.1. The molecule has 13 heteroatoms. The first-order valence-electron chi connectivity index (χ1n) is 10.3. The molecule has 0 atom stereocenters. The molecule has 0 unspecified atom stereocenters. The van der Waals surface area contributed by atoms with E-state index in [1.807, 2.05) is 35.7 Å². The van der Waals surface area contributed by atoms with Crippen LogP contribution in [-0.2, 0) is 6.18 Å². The zero-order chi connectivity index (χ0) is 25.3. The third-order valence-corrected chi connectivity index (χ3v) is 7.50. The standard InChI is InChI=1S/C23H14ClF3N6S3/c1-12-7-14(9-15(8-12)23(25,26)27)19-31-21(33-32-19)35-18-10-17(24)29-20(30-18)36-22-28-16(11-34-22)13-5-3-2-4-6-13/h2-11H,1H3,(H,31,32,33). The summed E-state index contributed by atoms with van der Waals surface area (Å²) in [5.74, 6) is 0.151. The minimum absolute atomic E-state index is 0.151. The highest BCUT2D eigenvalue weighted by molar-refractivity contribution is 8.01. The van der Waals surface area contributed by atoms with Crippen LogP contribution >= 0.6 is 46.5 Å². The molecular formula is C23H14ClF3N6S3. The molecule has 0 bridgehead atoms. The van der Waals surface area contributed by atoms with Gasteiger partial charge in [0, 0.05) is 22.6 Å². The van der Waals surface area contributed by atoms with Gasteiger partial charge in [0.2, 0.25) is 0 Å². The number of aromatic amines is 1. The maximum absolute atomic E-state index is 13.2. The smallest absolute Gasteiger partial charge is 0.253 e. The zero-order valence-electron chi connectivity index (χ0n) is 18.2. The number of thiazole rings is 1. The number of alkyl halides is 3. The number of halogens is 4. The second-order valence-corrected chi connectivity index (χ2v) is 10.9. The van der Waals surface area contributed by atoms with E-state index in [4.69, 9.17) is 11.6 Å². The van der Waals surface area contributed by atoms with Gasteiger partial charge in [-0.25, -0.2) is 19.9 Å². The van der Waals surface area contributed by atoms with Gasteiger partial charge in [-0.1, -0.05) is 41.9 Å². The van der Waals surface area contributed by atoms with Crippen molar-refractivity contribution >= 4 is 46.5 Å². The van der Waals surface area contributed by atoms with E-state index in [0.29, 0.717) is 20.9 Å². The number of hydrogen-bond acceptors (Lipinski definition) is 8. The van der Waals surface area contributed by atoms with E-state index in [9.17, 15) is 13.2 Å². The van der Waals surface area contributed by atoms with Crippen LogP contribution in [-0.4, -0.2) is 30.1 Å². The molecule has 36 heavy (non-hydrogen) atoms. The molecule has 0 saturated heterocycles. The first kappa shape index (κ1) is 24.8. The van der Waals surface area contributed by atoms with Crippen molar-refractivity contribution in [1.82, 2.24) is 30.1 Å². The summed E-state index contributed by atoms with van der Waals surface area (Å²) in [7, 11) is 0. The maximum atomic E-state index is 13.2. The lowest BCUT2D eigenvalue weighted by molar-refractivity contribution is -0.137. The van der Waals surface area contributed by atoms with Crippen LogP contribution in [0.15, 0.2) is 79.7 Å². The van der Waals surface area contributed by atoms with Crippen molar-refractivity contribution in [2.45, 2.75) is 32.8 Å². The van der Waals surface area contributed by atoms with E-state index in [2.05, 4.69) is 30.1 Å². The average Bonchev–Trinajstić information content (AvgIpc) is 3.48. The Morgan fingerprint density at radius 1 is 0.917 bits per heavy atom. The maximum Gasteiger partial charge on any atom is 0.416 e. The molecule has 3 aromatic heterocycles. The van der Waals surface area contributed by atoms with Crippen LogP contribution in [0.1, 0.15) is 11.1 Å². The molecule has 5 rings (SSSR count). The van der Waals surface area contributed by atoms with E-state index in [0.717, 1.165) is 39.5 Å². The Morgan fingerprint density at radius 2 is 1.72 bits per heavy atom. The van der Waals surface area contributed by atoms with Gasteiger partial charge >= 0.3 is 6.18 Å². The molecule has 182 valence electrons. The van der Waals surface area contributed by atoms with Crippen LogP contribution in [0.3, 0.4) is 0 Å². The fourth-order valence-electron chi connectivity index (χ4n) is 3.20. The van der Waals surface area contributed by atoms with Crippen molar-refractivity contribution in [1.29, 1.82) is 0 Å². The Morgan fingerprint density at radius 3 is 2.50 bits per heavy atom. The molecule has 0 aliphatic carbocycles. The average molecular weight is 563 g/mol. The highest BCUT2D eigenvalue weighted by atomic mass is 35.5. The summed E-state index contributed by atoms with van der Waals surface area (Å²) in [5, 5.41) is 10.3. The highest BCUT2D eigenvalue weighted by Gasteiger charge is 2.31. The number of H-pyrrole nitrogens is 1. The fourth-order valence-corrected chi connectivity index (χ4v) is 5.98. The Labute approximate surface area is 220 Å². The summed E-state index contributed by atoms with van der Waals surface area (Å²) in [4.78, 5) is 17.7. The van der Waals surface area contributed by atoms with Crippen LogP contribution in [0.2, 0.25) is 5.15 Å². The molecular weight excluding hydrogens is 549 g/mol. The number of rotatable bonds is 6. The predicted octanol–water partition coefficient (Wildman–Crippen LogP) is 7.67. The summed E-state index contributed by atoms with van der Waals surface area (Å²) >= 11 is 10.1. The van der Waals surface area contributed by atoms with Gasteiger partial charge in [0.1, 0.15) is 10.2 Å². The predicted molar refractivity (Wildman–Crippen MR) is 134 cm³/mol. The van der Waals surface area contributed by atoms with E-state index >= 15 is 0 Å². The molecule has 0 amide bonds. The molecule has 1 N–H and O–H groups in total. The SMILES string of the molecule is Cc1cc(-c2n[nH]c(Sc3cc(Cl)nc(Sc4nc(-c5ccccc5)cs4)n3)n2)cc(C(F)(F)F)c1. The minimum atomic E-state index is -4.46. The molecule has 0 radical (unpaired) electrons. The molecule has 5 aromatic rings. The van der Waals surface area contributed by atoms with Gasteiger partial charge in [0.25, 0.3) is 0 Å². The van der Waals surface area contributed by atoms with Gasteiger partial charge in [0.05, 0.1) is 11.3 Å². The Balaban J connectivity index is 1.34. The van der Waals surface area contributed by atoms with Gasteiger partial charge in [-0.15, -0.1) is 11.3 Å². The summed E-state index contributed by atoms with van der Waals surface area (Å²) in [6.07, 6.45) is -4.46. The quantitative estimate of drug-likeness (QED) is 0.168. The fraction of sp³-hybridized carbons (Fsp3) is 0.0870. The van der Waals surface area contributed by atoms with Crippen molar-refractivity contribution in [2.75, 3.05) is 0 Å². The molecule has 0 aliphatic heterocycles. The van der Waals surface area contributed by atoms with E-state index in [1.165, 1.54) is 23.1 Å². The molecule has 0 aliphatic rings. The second-order valence-electron chi connectivity index (χ2n) is 7.43. The molecule has 0 saturated carbocycles. The number of aryl methyl sites for hydroxylation is 1. The number of benzene rings is 2. The molecule has 0 fully saturated rings. The van der Waals surface area contributed by atoms with Crippen molar-refractivity contribution in [3.05, 3.63) is 76.3 Å². The molecule has 6 nitrogen and oxygen atoms in total. The summed E-state index contributed by atoms with van der Waals surface area (Å²) in [5.41, 5.74) is 1.85. The van der Waals surface area contributed by atoms with Gasteiger partial charge < -0.3 is 0 Å². The monoisotopic (exact) mass is 562 g/mol. The minimum Gasteiger partial charge on any atom is -0.253 e. The first-order valence-corrected chi connectivity index (χ1v) is 13.1. The largest absolute Gasteiger partial charge is 0.416 e. The highest BCUT2D eigenvalue weighted by Crippen LogP contribution is 2.35. The van der Waals surface area contributed by atoms with Crippen molar-refractivity contribution in [3.8, 4) is 22.6 Å². The van der Waals surface area contributed by atoms with E-state index in [-0.39, 0.29) is 16.5 Å². The van der Waals surface area contributed by atoms with Crippen LogP contribution in [0.25, 0.3) is 22.6 Å². The zero-order valence-corrected chi connectivity index (χ0v) is 21.5. The van der Waals surface area contributed by atoms with Crippen LogP contribution < -0.4 is 0 Å². The summed E-state index contributed by atoms with van der Waals surface area (Å²) in [6, 6.07) is 15.1. The molecule has 2 aromatic carbocycles. The Kier molecular flexibility index (Phi) is 7.02. The van der Waals surface area contributed by atoms with E-state index < -0.39 is 11.7 Å². The lowest BCUT2D eigenvalue weighted by Gasteiger charge is -2.09. The third kappa shape index (κ3) is 5.89. The van der Waals surface area contributed by atoms with E-state index in [1.54, 1.807) is 19.1 Å². The number of nitrogens with zero attached hydrogens (tertiary/aromatic N) is 5. The summed E-state index contributed by atoms with van der Waals surface area (Å²) < 4.78 is 40.3. The normalized spacial score (nSPS) is 11.7. The van der Waals surface area contributed by atoms with Crippen LogP contribution in [0.4, 0.5) is 13.2 Å². The third-order valence-electron chi connectivity index (χ3n) is 4.71. The lowest BCUT2D eigenvalue weighted by Crippen LogP contribution is -2.05. The van der Waals surface area contributed by atoms with Gasteiger partial charge in [0.15, 0.2) is 20.5 Å². The Bertz CT molecular complexity index is 1520. The molecule has 3 heterocycles. The number of aromatic nitrogens is 6. The summed E-state index contributed by atoms with van der Waals surface area (Å²) in [6.45, 7) is 1.59. The van der Waals surface area contributed by atoms with Gasteiger partial charge in [-0.3, -0.25) is 5.10 Å². The number of nitrogens with one attached hydrogen (secondary N) is 1. The second kappa shape index (κ2) is 10.2.